The first-order chi connectivity index (χ1) is 12.9. The molecule has 1 N–H and O–H groups in total. The van der Waals surface area contributed by atoms with Crippen molar-refractivity contribution in [2.24, 2.45) is 0 Å². The minimum Gasteiger partial charge on any atom is -0.413 e. The molecule has 3 atom stereocenters. The molecule has 0 aromatic heterocycles. The number of halogens is 2. The van der Waals surface area contributed by atoms with Gasteiger partial charge in [0.1, 0.15) is 5.78 Å². The Kier molecular flexibility index (Phi) is 12.1. The molecule has 0 saturated heterocycles. The van der Waals surface area contributed by atoms with E-state index in [1.165, 1.54) is 0 Å². The molecule has 0 rings (SSSR count). The van der Waals surface area contributed by atoms with Gasteiger partial charge in [0, 0.05) is 23.5 Å². The van der Waals surface area contributed by atoms with E-state index in [9.17, 15) is 9.90 Å². The first kappa shape index (κ1) is 29.9. The van der Waals surface area contributed by atoms with E-state index in [1.807, 2.05) is 0 Å². The van der Waals surface area contributed by atoms with Crippen LogP contribution >= 0.6 is 31.9 Å². The highest BCUT2D eigenvalue weighted by Gasteiger charge is 2.40. The topological polar surface area (TPSA) is 55.8 Å². The maximum absolute atomic E-state index is 12.6. The van der Waals surface area contributed by atoms with Gasteiger partial charge in [-0.25, -0.2) is 0 Å². The highest BCUT2D eigenvalue weighted by Crippen LogP contribution is 2.39. The molecule has 0 spiro atoms. The van der Waals surface area contributed by atoms with Crippen molar-refractivity contribution in [2.45, 2.75) is 115 Å². The Hall–Kier alpha value is 0.944. The molecule has 0 saturated carbocycles. The van der Waals surface area contributed by atoms with E-state index >= 15 is 0 Å². The lowest BCUT2D eigenvalue weighted by Crippen LogP contribution is -2.45. The number of rotatable bonds is 12. The largest absolute Gasteiger partial charge is 0.413 e. The normalized spacial score (nSPS) is 17.1. The van der Waals surface area contributed by atoms with Gasteiger partial charge in [-0.15, -0.1) is 0 Å². The van der Waals surface area contributed by atoms with Crippen LogP contribution in [-0.2, 0) is 13.6 Å². The van der Waals surface area contributed by atoms with Gasteiger partial charge in [-0.05, 0) is 42.7 Å². The van der Waals surface area contributed by atoms with E-state index in [4.69, 9.17) is 8.85 Å². The molecule has 0 heterocycles. The second-order valence-electron chi connectivity index (χ2n) is 11.1. The number of carbonyl (C=O) groups is 1. The molecule has 0 amide bonds. The summed E-state index contributed by atoms with van der Waals surface area (Å²) in [7, 11) is -3.86. The van der Waals surface area contributed by atoms with Crippen LogP contribution in [0, 0.1) is 0 Å². The van der Waals surface area contributed by atoms with Crippen molar-refractivity contribution in [2.75, 3.05) is 10.7 Å². The maximum Gasteiger partial charge on any atom is 0.192 e. The molecule has 0 aliphatic heterocycles. The van der Waals surface area contributed by atoms with Crippen molar-refractivity contribution < 1.29 is 18.8 Å². The summed E-state index contributed by atoms with van der Waals surface area (Å²) >= 11 is 7.01. The monoisotopic (exact) mass is 574 g/mol. The number of hydrogen-bond donors (Lipinski definition) is 1. The van der Waals surface area contributed by atoms with E-state index in [-0.39, 0.29) is 34.5 Å². The fourth-order valence-corrected chi connectivity index (χ4v) is 6.41. The third kappa shape index (κ3) is 10.4. The molecule has 0 radical (unpaired) electrons. The number of aliphatic hydroxyl groups excluding tert-OH is 1. The van der Waals surface area contributed by atoms with Gasteiger partial charge in [0.15, 0.2) is 16.6 Å². The van der Waals surface area contributed by atoms with Crippen LogP contribution in [0.15, 0.2) is 0 Å². The highest BCUT2D eigenvalue weighted by molar-refractivity contribution is 9.09. The predicted molar refractivity (Wildman–Crippen MR) is 137 cm³/mol. The zero-order chi connectivity index (χ0) is 23.3. The van der Waals surface area contributed by atoms with Crippen LogP contribution in [0.2, 0.25) is 36.3 Å². The maximum atomic E-state index is 12.6. The predicted octanol–water partition coefficient (Wildman–Crippen LogP) is 6.66. The summed E-state index contributed by atoms with van der Waals surface area (Å²) in [4.78, 5) is 12.6. The minimum atomic E-state index is -1.94. The van der Waals surface area contributed by atoms with Gasteiger partial charge in [-0.3, -0.25) is 4.79 Å². The SMILES string of the molecule is CC(C)(C)[Si](C)(C)O[C@@H](CBr)CC(=O)C[C@H](O)C[C@H](CBr)O[Si](C)(C)C(C)(C)C. The second-order valence-corrected chi connectivity index (χ2v) is 22.0. The van der Waals surface area contributed by atoms with Crippen molar-refractivity contribution in [1.82, 2.24) is 0 Å². The third-order valence-corrected chi connectivity index (χ3v) is 16.8. The van der Waals surface area contributed by atoms with E-state index in [1.54, 1.807) is 0 Å². The van der Waals surface area contributed by atoms with Crippen molar-refractivity contribution in [1.29, 1.82) is 0 Å². The summed E-state index contributed by atoms with van der Waals surface area (Å²) in [6.07, 6.45) is 0.0100. The number of aliphatic hydroxyl groups is 1. The molecule has 0 unspecified atom stereocenters. The molecule has 0 fully saturated rings. The zero-order valence-corrected chi connectivity index (χ0v) is 25.4. The van der Waals surface area contributed by atoms with Crippen molar-refractivity contribution in [3.8, 4) is 0 Å². The molecule has 0 bridgehead atoms. The van der Waals surface area contributed by atoms with Crippen LogP contribution in [0.4, 0.5) is 0 Å². The fourth-order valence-electron chi connectivity index (χ4n) is 2.44. The summed E-state index contributed by atoms with van der Waals surface area (Å²) in [5.41, 5.74) is 0. The lowest BCUT2D eigenvalue weighted by molar-refractivity contribution is -0.122. The highest BCUT2D eigenvalue weighted by atomic mass is 79.9. The lowest BCUT2D eigenvalue weighted by atomic mass is 10.0. The van der Waals surface area contributed by atoms with Gasteiger partial charge in [-0.2, -0.15) is 0 Å². The summed E-state index contributed by atoms with van der Waals surface area (Å²) in [6, 6.07) is 0. The number of ketones is 1. The molecule has 29 heavy (non-hydrogen) atoms. The molecule has 8 heteroatoms. The minimum absolute atomic E-state index is 0.0429. The molecular weight excluding hydrogens is 532 g/mol. The Morgan fingerprint density at radius 2 is 1.21 bits per heavy atom. The average molecular weight is 577 g/mol. The third-order valence-electron chi connectivity index (χ3n) is 6.33. The van der Waals surface area contributed by atoms with Crippen molar-refractivity contribution in [3.63, 3.8) is 0 Å². The van der Waals surface area contributed by atoms with E-state index in [2.05, 4.69) is 99.6 Å². The summed E-state index contributed by atoms with van der Waals surface area (Å²) in [5.74, 6) is 0.0429. The first-order valence-electron chi connectivity index (χ1n) is 10.5. The van der Waals surface area contributed by atoms with Crippen LogP contribution in [0.1, 0.15) is 60.8 Å². The number of hydrogen-bond acceptors (Lipinski definition) is 4. The summed E-state index contributed by atoms with van der Waals surface area (Å²) < 4.78 is 12.8. The van der Waals surface area contributed by atoms with Gasteiger partial charge in [0.05, 0.1) is 18.3 Å². The van der Waals surface area contributed by atoms with Crippen molar-refractivity contribution >= 4 is 54.3 Å². The second kappa shape index (κ2) is 11.7. The molecule has 4 nitrogen and oxygen atoms in total. The number of carbonyl (C=O) groups excluding carboxylic acids is 1. The van der Waals surface area contributed by atoms with E-state index < -0.39 is 22.7 Å². The Balaban J connectivity index is 4.79. The Bertz CT molecular complexity index is 514. The van der Waals surface area contributed by atoms with Gasteiger partial charge in [-0.1, -0.05) is 73.4 Å². The fraction of sp³-hybridized carbons (Fsp3) is 0.952. The van der Waals surface area contributed by atoms with Crippen LogP contribution in [-0.4, -0.2) is 56.5 Å². The van der Waals surface area contributed by atoms with E-state index in [0.717, 1.165) is 0 Å². The Morgan fingerprint density at radius 1 is 0.828 bits per heavy atom. The van der Waals surface area contributed by atoms with Crippen LogP contribution in [0.5, 0.6) is 0 Å². The summed E-state index contributed by atoms with van der Waals surface area (Å²) in [6.45, 7) is 22.0. The number of Topliss-reactive ketones (excluding diaryl/α,β-unsaturated/α-hetero) is 1. The molecule has 0 aliphatic carbocycles. The van der Waals surface area contributed by atoms with Crippen LogP contribution < -0.4 is 0 Å². The van der Waals surface area contributed by atoms with Crippen molar-refractivity contribution in [3.05, 3.63) is 0 Å². The Morgan fingerprint density at radius 3 is 1.55 bits per heavy atom. The molecular formula is C21H44Br2O4Si2. The smallest absolute Gasteiger partial charge is 0.192 e. The van der Waals surface area contributed by atoms with Gasteiger partial charge in [0.2, 0.25) is 0 Å². The standard InChI is InChI=1S/C21H44Br2O4Si2/c1-20(2,3)28(7,8)26-18(14-22)12-16(24)11-17(25)13-19(15-23)27-29(9,10)21(4,5)6/h16,18-19,24H,11-15H2,1-10H3/t16-,18+,19+/m0/s1. The lowest BCUT2D eigenvalue weighted by Gasteiger charge is -2.39. The summed E-state index contributed by atoms with van der Waals surface area (Å²) in [5, 5.41) is 12.0. The Labute approximate surface area is 198 Å². The molecule has 174 valence electrons. The zero-order valence-electron chi connectivity index (χ0n) is 20.2. The number of alkyl halides is 2. The average Bonchev–Trinajstić information content (AvgIpc) is 2.50. The molecule has 0 aliphatic rings. The molecule has 0 aromatic rings. The van der Waals surface area contributed by atoms with Crippen LogP contribution in [0.3, 0.4) is 0 Å². The van der Waals surface area contributed by atoms with Gasteiger partial charge in [0.25, 0.3) is 0 Å². The molecule has 0 aromatic carbocycles. The van der Waals surface area contributed by atoms with E-state index in [0.29, 0.717) is 23.5 Å². The van der Waals surface area contributed by atoms with Gasteiger partial charge >= 0.3 is 0 Å². The quantitative estimate of drug-likeness (QED) is 0.209. The first-order valence-corrected chi connectivity index (χ1v) is 18.6. The van der Waals surface area contributed by atoms with Gasteiger partial charge < -0.3 is 14.0 Å². The van der Waals surface area contributed by atoms with Crippen LogP contribution in [0.25, 0.3) is 0 Å².